The molecule has 31 heavy (non-hydrogen) atoms. The van der Waals surface area contributed by atoms with Gasteiger partial charge in [0.25, 0.3) is 0 Å². The number of carbonyl (C=O) groups is 2. The van der Waals surface area contributed by atoms with Gasteiger partial charge in [0, 0.05) is 18.9 Å². The Labute approximate surface area is 179 Å². The van der Waals surface area contributed by atoms with Crippen molar-refractivity contribution in [3.05, 3.63) is 95.6 Å². The van der Waals surface area contributed by atoms with Crippen LogP contribution in [-0.2, 0) is 15.3 Å². The molecule has 1 spiro atoms. The minimum absolute atomic E-state index is 0.177. The summed E-state index contributed by atoms with van der Waals surface area (Å²) in [7, 11) is 0. The summed E-state index contributed by atoms with van der Waals surface area (Å²) >= 11 is 0. The van der Waals surface area contributed by atoms with Crippen LogP contribution in [0.1, 0.15) is 36.1 Å². The number of fused-ring (bicyclic) bond motifs is 6. The van der Waals surface area contributed by atoms with E-state index in [-0.39, 0.29) is 11.9 Å². The third-order valence-electron chi connectivity index (χ3n) is 6.19. The van der Waals surface area contributed by atoms with Crippen LogP contribution in [0.25, 0.3) is 0 Å². The van der Waals surface area contributed by atoms with Crippen molar-refractivity contribution in [2.75, 3.05) is 4.90 Å². The van der Waals surface area contributed by atoms with Gasteiger partial charge in [0.1, 0.15) is 5.75 Å². The lowest BCUT2D eigenvalue weighted by Crippen LogP contribution is -2.57. The second-order valence-corrected chi connectivity index (χ2v) is 7.94. The first kappa shape index (κ1) is 17.9. The monoisotopic (exact) mass is 409 g/mol. The van der Waals surface area contributed by atoms with Crippen molar-refractivity contribution < 1.29 is 14.3 Å². The Balaban J connectivity index is 1.61. The van der Waals surface area contributed by atoms with E-state index < -0.39 is 11.6 Å². The molecule has 3 aromatic carbocycles. The predicted octanol–water partition coefficient (Wildman–Crippen LogP) is 3.98. The Morgan fingerprint density at radius 2 is 1.71 bits per heavy atom. The van der Waals surface area contributed by atoms with Crippen molar-refractivity contribution in [3.63, 3.8) is 0 Å². The molecule has 152 valence electrons. The number of hydrogen-bond donors (Lipinski definition) is 0. The van der Waals surface area contributed by atoms with Gasteiger partial charge in [0.05, 0.1) is 23.0 Å². The maximum Gasteiger partial charge on any atom is 0.307 e. The topological polar surface area (TPSA) is 62.2 Å². The smallest absolute Gasteiger partial charge is 0.307 e. The number of nitrogens with zero attached hydrogens (tertiary/aromatic N) is 3. The highest BCUT2D eigenvalue weighted by Gasteiger charge is 2.63. The van der Waals surface area contributed by atoms with Gasteiger partial charge in [-0.25, -0.2) is 9.91 Å². The minimum Gasteiger partial charge on any atom is -0.453 e. The number of hydrazone groups is 1. The molecule has 0 saturated carbocycles. The fourth-order valence-corrected chi connectivity index (χ4v) is 4.87. The molecule has 2 amide bonds. The fraction of sp³-hybridized carbons (Fsp3) is 0.160. The van der Waals surface area contributed by atoms with E-state index in [4.69, 9.17) is 9.84 Å². The molecule has 0 saturated heterocycles. The summed E-state index contributed by atoms with van der Waals surface area (Å²) in [5, 5.41) is 6.69. The lowest BCUT2D eigenvalue weighted by Gasteiger charge is -2.44. The summed E-state index contributed by atoms with van der Waals surface area (Å²) in [6.45, 7) is 1.39. The number of amides is 2. The molecule has 0 radical (unpaired) electrons. The Bertz CT molecular complexity index is 1270. The van der Waals surface area contributed by atoms with Crippen LogP contribution in [0.3, 0.4) is 0 Å². The number of benzene rings is 3. The lowest BCUT2D eigenvalue weighted by molar-refractivity contribution is -0.164. The molecule has 0 fully saturated rings. The first-order chi connectivity index (χ1) is 15.1. The van der Waals surface area contributed by atoms with Gasteiger partial charge >= 0.3 is 11.6 Å². The van der Waals surface area contributed by atoms with Crippen LogP contribution in [0.5, 0.6) is 5.75 Å². The second kappa shape index (κ2) is 6.28. The van der Waals surface area contributed by atoms with Crippen molar-refractivity contribution in [1.29, 1.82) is 0 Å². The first-order valence-corrected chi connectivity index (χ1v) is 10.3. The number of imide groups is 1. The number of anilines is 1. The molecule has 3 aliphatic heterocycles. The van der Waals surface area contributed by atoms with Crippen molar-refractivity contribution in [2.45, 2.75) is 25.1 Å². The molecular formula is C25H19N3O3. The van der Waals surface area contributed by atoms with Crippen LogP contribution in [0.2, 0.25) is 0 Å². The Morgan fingerprint density at radius 1 is 1.00 bits per heavy atom. The molecular weight excluding hydrogens is 390 g/mol. The SMILES string of the molecule is CC(=O)N1C(=O)[C@]2(Oc3ccccc3[C@H]3CC(c4ccccc4)=NN32)c2ccccc21. The van der Waals surface area contributed by atoms with E-state index in [0.717, 1.165) is 16.8 Å². The molecule has 3 aliphatic rings. The molecule has 3 heterocycles. The summed E-state index contributed by atoms with van der Waals surface area (Å²) in [5.41, 5.74) is 2.53. The van der Waals surface area contributed by atoms with Crippen molar-refractivity contribution in [3.8, 4) is 5.75 Å². The fourth-order valence-electron chi connectivity index (χ4n) is 4.87. The normalized spacial score (nSPS) is 23.2. The molecule has 6 rings (SSSR count). The predicted molar refractivity (Wildman–Crippen MR) is 116 cm³/mol. The summed E-state index contributed by atoms with van der Waals surface area (Å²) in [4.78, 5) is 27.5. The summed E-state index contributed by atoms with van der Waals surface area (Å²) in [5.74, 6) is -0.139. The van der Waals surface area contributed by atoms with Crippen LogP contribution in [0.15, 0.2) is 84.0 Å². The summed E-state index contributed by atoms with van der Waals surface area (Å²) in [6, 6.07) is 24.8. The largest absolute Gasteiger partial charge is 0.453 e. The van der Waals surface area contributed by atoms with Gasteiger partial charge in [-0.2, -0.15) is 5.10 Å². The van der Waals surface area contributed by atoms with Gasteiger partial charge in [0.2, 0.25) is 5.91 Å². The zero-order valence-electron chi connectivity index (χ0n) is 16.9. The Hall–Kier alpha value is -3.93. The molecule has 2 atom stereocenters. The van der Waals surface area contributed by atoms with Gasteiger partial charge in [-0.05, 0) is 17.7 Å². The number of rotatable bonds is 1. The van der Waals surface area contributed by atoms with Gasteiger partial charge < -0.3 is 4.74 Å². The summed E-state index contributed by atoms with van der Waals surface area (Å²) in [6.07, 6.45) is 0.641. The Morgan fingerprint density at radius 3 is 2.52 bits per heavy atom. The summed E-state index contributed by atoms with van der Waals surface area (Å²) < 4.78 is 6.47. The number of hydrogen-bond acceptors (Lipinski definition) is 5. The quantitative estimate of drug-likeness (QED) is 0.610. The molecule has 0 aromatic heterocycles. The van der Waals surface area contributed by atoms with Crippen LogP contribution in [0, 0.1) is 0 Å². The van der Waals surface area contributed by atoms with Gasteiger partial charge in [-0.1, -0.05) is 66.7 Å². The number of para-hydroxylation sites is 2. The minimum atomic E-state index is -1.52. The van der Waals surface area contributed by atoms with Crippen molar-refractivity contribution in [1.82, 2.24) is 5.01 Å². The molecule has 0 aliphatic carbocycles. The van der Waals surface area contributed by atoms with E-state index in [0.29, 0.717) is 23.4 Å². The van der Waals surface area contributed by atoms with E-state index in [2.05, 4.69) is 0 Å². The highest BCUT2D eigenvalue weighted by molar-refractivity contribution is 6.22. The molecule has 0 N–H and O–H groups in total. The van der Waals surface area contributed by atoms with Crippen molar-refractivity contribution in [2.24, 2.45) is 5.10 Å². The third kappa shape index (κ3) is 2.30. The maximum absolute atomic E-state index is 13.8. The first-order valence-electron chi connectivity index (χ1n) is 10.3. The van der Waals surface area contributed by atoms with Crippen LogP contribution in [-0.4, -0.2) is 22.5 Å². The van der Waals surface area contributed by atoms with Crippen molar-refractivity contribution >= 4 is 23.2 Å². The van der Waals surface area contributed by atoms with E-state index >= 15 is 0 Å². The maximum atomic E-state index is 13.8. The second-order valence-electron chi connectivity index (χ2n) is 7.94. The van der Waals surface area contributed by atoms with Gasteiger partial charge in [0.15, 0.2) is 0 Å². The molecule has 0 unspecified atom stereocenters. The number of ether oxygens (including phenoxy) is 1. The van der Waals surface area contributed by atoms with Crippen LogP contribution < -0.4 is 9.64 Å². The van der Waals surface area contributed by atoms with E-state index in [9.17, 15) is 9.59 Å². The van der Waals surface area contributed by atoms with Gasteiger partial charge in [-0.3, -0.25) is 9.59 Å². The molecule has 6 nitrogen and oxygen atoms in total. The zero-order valence-corrected chi connectivity index (χ0v) is 16.9. The average molecular weight is 409 g/mol. The van der Waals surface area contributed by atoms with E-state index in [1.807, 2.05) is 72.8 Å². The van der Waals surface area contributed by atoms with Crippen LogP contribution >= 0.6 is 0 Å². The molecule has 6 heteroatoms. The number of carbonyl (C=O) groups excluding carboxylic acids is 2. The lowest BCUT2D eigenvalue weighted by atomic mass is 9.92. The zero-order chi connectivity index (χ0) is 21.2. The average Bonchev–Trinajstić information content (AvgIpc) is 3.34. The molecule has 0 bridgehead atoms. The highest BCUT2D eigenvalue weighted by atomic mass is 16.5. The van der Waals surface area contributed by atoms with E-state index in [1.165, 1.54) is 11.8 Å². The standard InChI is InChI=1S/C25H19N3O3/c1-16(29)27-21-13-7-6-12-19(21)25(24(27)30)28-22(18-11-5-8-14-23(18)31-25)15-20(26-28)17-9-3-2-4-10-17/h2-14,22H,15H2,1H3/t22-,25-/m1/s1. The third-order valence-corrected chi connectivity index (χ3v) is 6.19. The van der Waals surface area contributed by atoms with Crippen LogP contribution in [0.4, 0.5) is 5.69 Å². The van der Waals surface area contributed by atoms with Gasteiger partial charge in [-0.15, -0.1) is 0 Å². The highest BCUT2D eigenvalue weighted by Crippen LogP contribution is 2.55. The Kier molecular flexibility index (Phi) is 3.63. The van der Waals surface area contributed by atoms with E-state index in [1.54, 1.807) is 11.1 Å². The molecule has 3 aromatic rings.